The van der Waals surface area contributed by atoms with Crippen LogP contribution in [0.1, 0.15) is 33.1 Å². The third-order valence-corrected chi connectivity index (χ3v) is 8.27. The molecule has 0 amide bonds. The quantitative estimate of drug-likeness (QED) is 0.418. The fourth-order valence-corrected chi connectivity index (χ4v) is 5.83. The lowest BCUT2D eigenvalue weighted by molar-refractivity contribution is 0.191. The molecule has 0 aliphatic heterocycles. The van der Waals surface area contributed by atoms with Crippen LogP contribution < -0.4 is 10.6 Å². The second-order valence-electron chi connectivity index (χ2n) is 9.02. The van der Waals surface area contributed by atoms with Gasteiger partial charge in [0.1, 0.15) is 16.0 Å². The van der Waals surface area contributed by atoms with Crippen molar-refractivity contribution in [3.8, 4) is 10.6 Å². The molecule has 2 heterocycles. The molecule has 5 rings (SSSR count). The van der Waals surface area contributed by atoms with Crippen LogP contribution >= 0.6 is 22.9 Å². The smallest absolute Gasteiger partial charge is 0.226 e. The van der Waals surface area contributed by atoms with Gasteiger partial charge in [-0.05, 0) is 55.1 Å². The Morgan fingerprint density at radius 1 is 1.13 bits per heavy atom. The predicted molar refractivity (Wildman–Crippen MR) is 128 cm³/mol. The Labute approximate surface area is 191 Å². The van der Waals surface area contributed by atoms with Gasteiger partial charge in [-0.2, -0.15) is 4.98 Å². The molecule has 6 nitrogen and oxygen atoms in total. The molecule has 1 aromatic carbocycles. The van der Waals surface area contributed by atoms with E-state index in [2.05, 4.69) is 35.5 Å². The van der Waals surface area contributed by atoms with Gasteiger partial charge in [0.2, 0.25) is 5.95 Å². The van der Waals surface area contributed by atoms with Gasteiger partial charge in [-0.1, -0.05) is 37.6 Å². The van der Waals surface area contributed by atoms with Crippen LogP contribution in [0.15, 0.2) is 24.3 Å². The van der Waals surface area contributed by atoms with Crippen molar-refractivity contribution in [2.75, 3.05) is 23.8 Å². The van der Waals surface area contributed by atoms with Crippen LogP contribution in [0.5, 0.6) is 0 Å². The summed E-state index contributed by atoms with van der Waals surface area (Å²) in [5, 5.41) is 18.0. The van der Waals surface area contributed by atoms with Crippen LogP contribution in [0.4, 0.5) is 11.8 Å². The number of aliphatic hydroxyl groups excluding tert-OH is 1. The number of aliphatic hydroxyl groups is 1. The van der Waals surface area contributed by atoms with E-state index in [0.29, 0.717) is 34.8 Å². The maximum atomic E-state index is 9.77. The Balaban J connectivity index is 1.52. The number of hydrogen-bond donors (Lipinski definition) is 3. The maximum Gasteiger partial charge on any atom is 0.226 e. The number of benzene rings is 1. The number of halogens is 1. The number of hydrogen-bond acceptors (Lipinski definition) is 7. The van der Waals surface area contributed by atoms with Crippen molar-refractivity contribution in [1.82, 2.24) is 15.0 Å². The Morgan fingerprint density at radius 2 is 1.94 bits per heavy atom. The standard InChI is InChI=1S/C23H28ClN5OS/c1-12-13(2)17(9-15(12)11-30)26-21-19(22-27-16-5-3-4-6-18(16)31-22)20(24)28-23(29-21)25-10-14-7-8-14/h3-6,12-15,17,30H,7-11H2,1-2H3,(H2,25,26,28,29)/t12-,13+,15+,17+/m0/s1. The number of nitrogens with one attached hydrogen (secondary N) is 2. The summed E-state index contributed by atoms with van der Waals surface area (Å²) in [6, 6.07) is 8.29. The number of thiazole rings is 1. The lowest BCUT2D eigenvalue weighted by Gasteiger charge is -2.22. The van der Waals surface area contributed by atoms with Crippen LogP contribution in [-0.2, 0) is 0 Å². The first kappa shape index (κ1) is 20.9. The Kier molecular flexibility index (Phi) is 5.75. The van der Waals surface area contributed by atoms with Gasteiger partial charge in [-0.3, -0.25) is 0 Å². The van der Waals surface area contributed by atoms with Gasteiger partial charge in [0.05, 0.1) is 15.8 Å². The minimum absolute atomic E-state index is 0.211. The monoisotopic (exact) mass is 457 g/mol. The zero-order valence-corrected chi connectivity index (χ0v) is 19.4. The van der Waals surface area contributed by atoms with E-state index in [9.17, 15) is 5.11 Å². The molecule has 3 N–H and O–H groups in total. The average molecular weight is 458 g/mol. The zero-order chi connectivity index (χ0) is 21.5. The van der Waals surface area contributed by atoms with Crippen LogP contribution in [0, 0.1) is 23.7 Å². The minimum atomic E-state index is 0.211. The lowest BCUT2D eigenvalue weighted by Crippen LogP contribution is -2.25. The van der Waals surface area contributed by atoms with Gasteiger partial charge in [0.25, 0.3) is 0 Å². The second kappa shape index (κ2) is 8.52. The summed E-state index contributed by atoms with van der Waals surface area (Å²) in [5.41, 5.74) is 1.70. The van der Waals surface area contributed by atoms with E-state index < -0.39 is 0 Å². The summed E-state index contributed by atoms with van der Waals surface area (Å²) < 4.78 is 1.11. The fraction of sp³-hybridized carbons (Fsp3) is 0.522. The molecule has 4 atom stereocenters. The number of rotatable bonds is 7. The number of para-hydroxylation sites is 1. The van der Waals surface area contributed by atoms with Crippen molar-refractivity contribution in [2.45, 2.75) is 39.2 Å². The van der Waals surface area contributed by atoms with Gasteiger partial charge in [0, 0.05) is 19.2 Å². The van der Waals surface area contributed by atoms with Crippen molar-refractivity contribution in [3.05, 3.63) is 29.4 Å². The van der Waals surface area contributed by atoms with E-state index in [-0.39, 0.29) is 12.6 Å². The highest BCUT2D eigenvalue weighted by molar-refractivity contribution is 7.21. The van der Waals surface area contributed by atoms with Crippen LogP contribution in [0.2, 0.25) is 5.15 Å². The average Bonchev–Trinajstić information content (AvgIpc) is 3.44. The molecule has 31 heavy (non-hydrogen) atoms. The third-order valence-electron chi connectivity index (χ3n) is 6.94. The van der Waals surface area contributed by atoms with Gasteiger partial charge in [-0.15, -0.1) is 11.3 Å². The van der Waals surface area contributed by atoms with Crippen molar-refractivity contribution in [1.29, 1.82) is 0 Å². The molecule has 2 aliphatic carbocycles. The maximum absolute atomic E-state index is 9.77. The summed E-state index contributed by atoms with van der Waals surface area (Å²) in [7, 11) is 0. The number of nitrogens with zero attached hydrogens (tertiary/aromatic N) is 3. The molecule has 0 unspecified atom stereocenters. The zero-order valence-electron chi connectivity index (χ0n) is 17.8. The van der Waals surface area contributed by atoms with E-state index >= 15 is 0 Å². The topological polar surface area (TPSA) is 83.0 Å². The Bertz CT molecular complexity index is 1050. The first-order valence-corrected chi connectivity index (χ1v) is 12.3. The second-order valence-corrected chi connectivity index (χ2v) is 10.4. The summed E-state index contributed by atoms with van der Waals surface area (Å²) in [6.45, 7) is 5.55. The van der Waals surface area contributed by atoms with Gasteiger partial charge < -0.3 is 15.7 Å². The highest BCUT2D eigenvalue weighted by Crippen LogP contribution is 2.42. The molecule has 0 saturated heterocycles. The molecule has 0 spiro atoms. The molecule has 8 heteroatoms. The molecular formula is C23H28ClN5OS. The first-order chi connectivity index (χ1) is 15.0. The van der Waals surface area contributed by atoms with E-state index in [1.165, 1.54) is 12.8 Å². The summed E-state index contributed by atoms with van der Waals surface area (Å²) >= 11 is 8.33. The van der Waals surface area contributed by atoms with Crippen molar-refractivity contribution < 1.29 is 5.11 Å². The van der Waals surface area contributed by atoms with E-state index in [1.54, 1.807) is 11.3 Å². The van der Waals surface area contributed by atoms with Crippen molar-refractivity contribution >= 4 is 44.9 Å². The first-order valence-electron chi connectivity index (χ1n) is 11.1. The molecule has 0 bridgehead atoms. The third kappa shape index (κ3) is 4.23. The predicted octanol–water partition coefficient (Wildman–Crippen LogP) is 5.29. The lowest BCUT2D eigenvalue weighted by atomic mass is 9.92. The molecule has 2 aliphatic rings. The molecule has 164 valence electrons. The number of fused-ring (bicyclic) bond motifs is 1. The van der Waals surface area contributed by atoms with E-state index in [1.807, 2.05) is 18.2 Å². The minimum Gasteiger partial charge on any atom is -0.396 e. The molecule has 0 radical (unpaired) electrons. The SMILES string of the molecule is C[C@@H]1[C@@H](CO)C[C@@H](Nc2nc(NCC3CC3)nc(Cl)c2-c2nc3ccccc3s2)[C@@H]1C. The molecule has 3 aromatic rings. The summed E-state index contributed by atoms with van der Waals surface area (Å²) in [6.07, 6.45) is 3.43. The molecular weight excluding hydrogens is 430 g/mol. The number of aromatic nitrogens is 3. The largest absolute Gasteiger partial charge is 0.396 e. The van der Waals surface area contributed by atoms with Crippen molar-refractivity contribution in [3.63, 3.8) is 0 Å². The summed E-state index contributed by atoms with van der Waals surface area (Å²) in [4.78, 5) is 14.2. The fourth-order valence-electron chi connectivity index (χ4n) is 4.50. The Morgan fingerprint density at radius 3 is 2.65 bits per heavy atom. The van der Waals surface area contributed by atoms with E-state index in [4.69, 9.17) is 21.6 Å². The molecule has 2 aromatic heterocycles. The Hall–Kier alpha value is -1.96. The number of anilines is 2. The van der Waals surface area contributed by atoms with E-state index in [0.717, 1.165) is 39.6 Å². The van der Waals surface area contributed by atoms with Crippen LogP contribution in [0.25, 0.3) is 20.8 Å². The highest BCUT2D eigenvalue weighted by atomic mass is 35.5. The van der Waals surface area contributed by atoms with Gasteiger partial charge in [0.15, 0.2) is 0 Å². The molecule has 2 saturated carbocycles. The summed E-state index contributed by atoms with van der Waals surface area (Å²) in [5.74, 6) is 3.14. The van der Waals surface area contributed by atoms with Crippen LogP contribution in [-0.4, -0.2) is 39.3 Å². The van der Waals surface area contributed by atoms with Gasteiger partial charge >= 0.3 is 0 Å². The van der Waals surface area contributed by atoms with Crippen molar-refractivity contribution in [2.24, 2.45) is 23.7 Å². The normalized spacial score (nSPS) is 25.8. The molecule has 2 fully saturated rings. The van der Waals surface area contributed by atoms with Crippen LogP contribution in [0.3, 0.4) is 0 Å². The highest BCUT2D eigenvalue weighted by Gasteiger charge is 2.38. The van der Waals surface area contributed by atoms with Gasteiger partial charge in [-0.25, -0.2) is 9.97 Å².